The molecule has 1 aliphatic carbocycles. The van der Waals surface area contributed by atoms with Crippen LogP contribution in [0.2, 0.25) is 5.02 Å². The molecule has 7 nitrogen and oxygen atoms in total. The monoisotopic (exact) mass is 487 g/mol. The van der Waals surface area contributed by atoms with Crippen LogP contribution in [0, 0.1) is 11.8 Å². The van der Waals surface area contributed by atoms with E-state index in [2.05, 4.69) is 0 Å². The van der Waals surface area contributed by atoms with E-state index in [1.807, 2.05) is 0 Å². The van der Waals surface area contributed by atoms with Gasteiger partial charge in [0.05, 0.1) is 30.7 Å². The maximum Gasteiger partial charge on any atom is 0.241 e. The molecule has 0 aromatic heterocycles. The SMILES string of the molecule is COc1ccc(N2C(=O)[C@H]3[C@@H](c4ccccc4Cl)OC4(C(=O)c5ccccc5C4=O)[C@H]3C2=O)cc1. The zero-order valence-electron chi connectivity index (χ0n) is 18.4. The molecular weight excluding hydrogens is 470 g/mol. The van der Waals surface area contributed by atoms with Gasteiger partial charge in [0.25, 0.3) is 0 Å². The molecule has 8 heteroatoms. The number of carbonyl (C=O) groups is 4. The van der Waals surface area contributed by atoms with E-state index in [1.165, 1.54) is 19.2 Å². The highest BCUT2D eigenvalue weighted by atomic mass is 35.5. The molecule has 2 saturated heterocycles. The number of carbonyl (C=O) groups excluding carboxylic acids is 4. The summed E-state index contributed by atoms with van der Waals surface area (Å²) < 4.78 is 11.4. The fourth-order valence-electron chi connectivity index (χ4n) is 5.49. The summed E-state index contributed by atoms with van der Waals surface area (Å²) in [5.74, 6) is -4.31. The summed E-state index contributed by atoms with van der Waals surface area (Å²) in [5.41, 5.74) is -1.01. The molecule has 3 atom stereocenters. The van der Waals surface area contributed by atoms with Gasteiger partial charge in [0.1, 0.15) is 5.75 Å². The van der Waals surface area contributed by atoms with E-state index in [-0.39, 0.29) is 11.1 Å². The zero-order valence-corrected chi connectivity index (χ0v) is 19.2. The van der Waals surface area contributed by atoms with Crippen molar-refractivity contribution in [2.75, 3.05) is 12.0 Å². The summed E-state index contributed by atoms with van der Waals surface area (Å²) in [6, 6.07) is 19.5. The van der Waals surface area contributed by atoms with Crippen LogP contribution in [0.3, 0.4) is 0 Å². The third-order valence-corrected chi connectivity index (χ3v) is 7.41. The van der Waals surface area contributed by atoms with Crippen molar-refractivity contribution in [3.8, 4) is 5.75 Å². The highest BCUT2D eigenvalue weighted by Gasteiger charge is 2.74. The second-order valence-electron chi connectivity index (χ2n) is 8.71. The Morgan fingerprint density at radius 2 is 1.43 bits per heavy atom. The van der Waals surface area contributed by atoms with Crippen LogP contribution in [-0.4, -0.2) is 36.1 Å². The van der Waals surface area contributed by atoms with Gasteiger partial charge in [0.15, 0.2) is 0 Å². The smallest absolute Gasteiger partial charge is 0.241 e. The first-order valence-electron chi connectivity index (χ1n) is 11.0. The van der Waals surface area contributed by atoms with E-state index >= 15 is 0 Å². The maximum atomic E-state index is 13.9. The summed E-state index contributed by atoms with van der Waals surface area (Å²) >= 11 is 6.45. The van der Waals surface area contributed by atoms with Crippen molar-refractivity contribution < 1.29 is 28.7 Å². The number of hydrogen-bond donors (Lipinski definition) is 0. The van der Waals surface area contributed by atoms with E-state index in [4.69, 9.17) is 21.1 Å². The first-order chi connectivity index (χ1) is 16.9. The van der Waals surface area contributed by atoms with Crippen molar-refractivity contribution in [2.45, 2.75) is 11.7 Å². The van der Waals surface area contributed by atoms with Crippen LogP contribution < -0.4 is 9.64 Å². The number of rotatable bonds is 3. The number of benzene rings is 3. The Morgan fingerprint density at radius 1 is 0.829 bits per heavy atom. The Labute approximate surface area is 205 Å². The Balaban J connectivity index is 1.54. The van der Waals surface area contributed by atoms with Gasteiger partial charge in [-0.2, -0.15) is 0 Å². The molecule has 0 bridgehead atoms. The molecule has 35 heavy (non-hydrogen) atoms. The molecule has 2 amide bonds. The molecule has 174 valence electrons. The van der Waals surface area contributed by atoms with Crippen LogP contribution in [0.25, 0.3) is 0 Å². The van der Waals surface area contributed by atoms with Gasteiger partial charge in [-0.3, -0.25) is 19.2 Å². The van der Waals surface area contributed by atoms with Crippen LogP contribution >= 0.6 is 11.6 Å². The third kappa shape index (κ3) is 2.76. The van der Waals surface area contributed by atoms with E-state index in [0.717, 1.165) is 4.90 Å². The topological polar surface area (TPSA) is 90.0 Å². The van der Waals surface area contributed by atoms with Gasteiger partial charge in [-0.15, -0.1) is 0 Å². The molecule has 2 fully saturated rings. The molecule has 0 N–H and O–H groups in total. The van der Waals surface area contributed by atoms with Gasteiger partial charge in [0, 0.05) is 21.7 Å². The van der Waals surface area contributed by atoms with Gasteiger partial charge in [-0.1, -0.05) is 54.1 Å². The lowest BCUT2D eigenvalue weighted by atomic mass is 9.77. The highest BCUT2D eigenvalue weighted by molar-refractivity contribution is 6.37. The maximum absolute atomic E-state index is 13.9. The first-order valence-corrected chi connectivity index (χ1v) is 11.4. The highest BCUT2D eigenvalue weighted by Crippen LogP contribution is 2.58. The predicted molar refractivity (Wildman–Crippen MR) is 126 cm³/mol. The Kier molecular flexibility index (Phi) is 4.71. The van der Waals surface area contributed by atoms with Crippen molar-refractivity contribution >= 4 is 40.7 Å². The van der Waals surface area contributed by atoms with Crippen molar-refractivity contribution in [2.24, 2.45) is 11.8 Å². The number of nitrogens with zero attached hydrogens (tertiary/aromatic N) is 1. The van der Waals surface area contributed by atoms with Crippen LogP contribution in [0.5, 0.6) is 5.75 Å². The quantitative estimate of drug-likeness (QED) is 0.409. The summed E-state index contributed by atoms with van der Waals surface area (Å²) in [6.45, 7) is 0. The minimum atomic E-state index is -2.13. The normalized spacial score (nSPS) is 24.3. The average molecular weight is 488 g/mol. The lowest BCUT2D eigenvalue weighted by Crippen LogP contribution is -2.51. The fraction of sp³-hybridized carbons (Fsp3) is 0.185. The van der Waals surface area contributed by atoms with Gasteiger partial charge < -0.3 is 9.47 Å². The van der Waals surface area contributed by atoms with Crippen molar-refractivity contribution in [1.29, 1.82) is 0 Å². The number of ketones is 2. The van der Waals surface area contributed by atoms with Crippen LogP contribution in [-0.2, 0) is 14.3 Å². The van der Waals surface area contributed by atoms with Crippen molar-refractivity contribution in [3.63, 3.8) is 0 Å². The Bertz CT molecular complexity index is 1400. The predicted octanol–water partition coefficient (Wildman–Crippen LogP) is 4.04. The molecule has 6 rings (SSSR count). The number of amides is 2. The lowest BCUT2D eigenvalue weighted by molar-refractivity contribution is -0.127. The number of imide groups is 1. The van der Waals surface area contributed by atoms with Gasteiger partial charge in [0.2, 0.25) is 29.0 Å². The molecule has 3 aromatic carbocycles. The number of Topliss-reactive ketones (excluding diaryl/α,β-unsaturated/α-hetero) is 2. The standard InChI is InChI=1S/C27H18ClNO6/c1-34-15-12-10-14(11-13-15)29-25(32)20-21(26(29)33)27(35-22(20)18-8-4-5-9-19(18)28)23(30)16-6-2-3-7-17(16)24(27)31/h2-13,20-22H,1H3/t20-,21-,22-/m1/s1. The van der Waals surface area contributed by atoms with Crippen molar-refractivity contribution in [1.82, 2.24) is 0 Å². The van der Waals surface area contributed by atoms with Crippen LogP contribution in [0.4, 0.5) is 5.69 Å². The third-order valence-electron chi connectivity index (χ3n) is 7.06. The average Bonchev–Trinajstić information content (AvgIpc) is 3.44. The first kappa shape index (κ1) is 21.7. The second-order valence-corrected chi connectivity index (χ2v) is 9.12. The lowest BCUT2D eigenvalue weighted by Gasteiger charge is -2.27. The Hall–Kier alpha value is -3.81. The second kappa shape index (κ2) is 7.60. The molecule has 2 heterocycles. The number of fused-ring (bicyclic) bond motifs is 3. The minimum absolute atomic E-state index is 0.180. The van der Waals surface area contributed by atoms with E-state index in [9.17, 15) is 19.2 Å². The number of anilines is 1. The Morgan fingerprint density at radius 3 is 2.03 bits per heavy atom. The van der Waals surface area contributed by atoms with E-state index in [1.54, 1.807) is 60.7 Å². The van der Waals surface area contributed by atoms with Crippen LogP contribution in [0.1, 0.15) is 32.4 Å². The summed E-state index contributed by atoms with van der Waals surface area (Å²) in [6.07, 6.45) is -1.06. The number of methoxy groups -OCH3 is 1. The molecule has 0 radical (unpaired) electrons. The molecule has 3 aromatic rings. The molecule has 0 saturated carbocycles. The van der Waals surface area contributed by atoms with E-state index < -0.39 is 46.9 Å². The van der Waals surface area contributed by atoms with E-state index in [0.29, 0.717) is 22.0 Å². The number of hydrogen-bond acceptors (Lipinski definition) is 6. The molecule has 0 unspecified atom stereocenters. The number of ether oxygens (including phenoxy) is 2. The van der Waals surface area contributed by atoms with Gasteiger partial charge >= 0.3 is 0 Å². The van der Waals surface area contributed by atoms with Gasteiger partial charge in [-0.25, -0.2) is 4.90 Å². The van der Waals surface area contributed by atoms with Crippen LogP contribution in [0.15, 0.2) is 72.8 Å². The molecule has 3 aliphatic rings. The molecular formula is C27H18ClNO6. The molecule has 2 aliphatic heterocycles. The largest absolute Gasteiger partial charge is 0.497 e. The summed E-state index contributed by atoms with van der Waals surface area (Å²) in [7, 11) is 1.51. The van der Waals surface area contributed by atoms with Gasteiger partial charge in [-0.05, 0) is 30.3 Å². The minimum Gasteiger partial charge on any atom is -0.497 e. The fourth-order valence-corrected chi connectivity index (χ4v) is 5.73. The summed E-state index contributed by atoms with van der Waals surface area (Å²) in [4.78, 5) is 56.2. The molecule has 1 spiro atoms. The summed E-state index contributed by atoms with van der Waals surface area (Å²) in [5, 5.41) is 0.312. The zero-order chi connectivity index (χ0) is 24.5. The number of halogens is 1. The van der Waals surface area contributed by atoms with Crippen molar-refractivity contribution in [3.05, 3.63) is 94.5 Å².